The van der Waals surface area contributed by atoms with Gasteiger partial charge in [-0.05, 0) is 6.42 Å². The van der Waals surface area contributed by atoms with E-state index in [2.05, 4.69) is 12.2 Å². The van der Waals surface area contributed by atoms with Crippen LogP contribution < -0.4 is 0 Å². The SMILES string of the molecule is CN(C)C(=N)C1=CCC=CC=C1. The van der Waals surface area contributed by atoms with E-state index < -0.39 is 0 Å². The standard InChI is InChI=1S/C10H14N2/c1-12(2)10(11)9-7-5-3-4-6-8-9/h3-5,7-8,11H,6H2,1-2H3. The number of nitrogens with zero attached hydrogens (tertiary/aromatic N) is 1. The number of likely N-dealkylation sites (N-methyl/N-ethyl adjacent to an activating group) is 1. The van der Waals surface area contributed by atoms with E-state index in [1.54, 1.807) is 0 Å². The first-order chi connectivity index (χ1) is 5.72. The lowest BCUT2D eigenvalue weighted by Gasteiger charge is -2.13. The minimum atomic E-state index is 0.565. The molecule has 0 fully saturated rings. The van der Waals surface area contributed by atoms with Gasteiger partial charge in [-0.1, -0.05) is 30.4 Å². The molecule has 1 aliphatic carbocycles. The first-order valence-corrected chi connectivity index (χ1v) is 4.01. The van der Waals surface area contributed by atoms with E-state index in [0.717, 1.165) is 12.0 Å². The predicted octanol–water partition coefficient (Wildman–Crippen LogP) is 1.97. The Morgan fingerprint density at radius 2 is 2.17 bits per heavy atom. The fourth-order valence-corrected chi connectivity index (χ4v) is 1.01. The molecule has 0 aromatic rings. The molecule has 0 aromatic heterocycles. The fourth-order valence-electron chi connectivity index (χ4n) is 1.01. The summed E-state index contributed by atoms with van der Waals surface area (Å²) in [6.07, 6.45) is 11.0. The van der Waals surface area contributed by atoms with Gasteiger partial charge in [0.1, 0.15) is 5.84 Å². The smallest absolute Gasteiger partial charge is 0.127 e. The van der Waals surface area contributed by atoms with Crippen molar-refractivity contribution in [1.29, 1.82) is 5.41 Å². The first kappa shape index (κ1) is 8.78. The van der Waals surface area contributed by atoms with E-state index in [4.69, 9.17) is 5.41 Å². The molecule has 0 bridgehead atoms. The Morgan fingerprint density at radius 3 is 2.83 bits per heavy atom. The molecule has 0 amide bonds. The van der Waals surface area contributed by atoms with Gasteiger partial charge in [0, 0.05) is 19.7 Å². The minimum absolute atomic E-state index is 0.565. The lowest BCUT2D eigenvalue weighted by Crippen LogP contribution is -2.21. The third kappa shape index (κ3) is 2.09. The maximum absolute atomic E-state index is 7.71. The second kappa shape index (κ2) is 3.90. The zero-order valence-electron chi connectivity index (χ0n) is 7.54. The molecular weight excluding hydrogens is 148 g/mol. The predicted molar refractivity (Wildman–Crippen MR) is 52.4 cm³/mol. The Balaban J connectivity index is 2.75. The third-order valence-corrected chi connectivity index (χ3v) is 1.72. The van der Waals surface area contributed by atoms with E-state index in [9.17, 15) is 0 Å². The molecule has 0 radical (unpaired) electrons. The summed E-state index contributed by atoms with van der Waals surface area (Å²) < 4.78 is 0. The Bertz CT molecular complexity index is 257. The third-order valence-electron chi connectivity index (χ3n) is 1.72. The van der Waals surface area contributed by atoms with E-state index in [0.29, 0.717) is 5.84 Å². The van der Waals surface area contributed by atoms with Gasteiger partial charge in [-0.3, -0.25) is 5.41 Å². The number of allylic oxidation sites excluding steroid dienone is 4. The van der Waals surface area contributed by atoms with Crippen LogP contribution in [0.1, 0.15) is 6.42 Å². The van der Waals surface area contributed by atoms with Crippen LogP contribution in [0.4, 0.5) is 0 Å². The summed E-state index contributed by atoms with van der Waals surface area (Å²) in [6.45, 7) is 0. The van der Waals surface area contributed by atoms with Gasteiger partial charge in [0.05, 0.1) is 0 Å². The van der Waals surface area contributed by atoms with Gasteiger partial charge in [-0.2, -0.15) is 0 Å². The molecule has 0 aliphatic heterocycles. The number of amidine groups is 1. The summed E-state index contributed by atoms with van der Waals surface area (Å²) in [7, 11) is 3.77. The van der Waals surface area contributed by atoms with Crippen LogP contribution in [0.15, 0.2) is 36.0 Å². The summed E-state index contributed by atoms with van der Waals surface area (Å²) in [5.74, 6) is 0.565. The zero-order chi connectivity index (χ0) is 8.97. The van der Waals surface area contributed by atoms with Crippen LogP contribution >= 0.6 is 0 Å². The molecule has 0 atom stereocenters. The van der Waals surface area contributed by atoms with Crippen molar-refractivity contribution < 1.29 is 0 Å². The van der Waals surface area contributed by atoms with Crippen molar-refractivity contribution in [3.63, 3.8) is 0 Å². The highest BCUT2D eigenvalue weighted by molar-refractivity contribution is 5.98. The molecule has 1 N–H and O–H groups in total. The number of rotatable bonds is 1. The van der Waals surface area contributed by atoms with Crippen LogP contribution in [0.3, 0.4) is 0 Å². The quantitative estimate of drug-likeness (QED) is 0.463. The topological polar surface area (TPSA) is 27.1 Å². The Hall–Kier alpha value is -1.31. The van der Waals surface area contributed by atoms with Gasteiger partial charge >= 0.3 is 0 Å². The van der Waals surface area contributed by atoms with E-state index in [1.807, 2.05) is 37.2 Å². The maximum Gasteiger partial charge on any atom is 0.127 e. The molecule has 0 aromatic carbocycles. The molecule has 2 heteroatoms. The van der Waals surface area contributed by atoms with Crippen molar-refractivity contribution in [1.82, 2.24) is 4.90 Å². The van der Waals surface area contributed by atoms with Gasteiger partial charge < -0.3 is 4.90 Å². The van der Waals surface area contributed by atoms with Gasteiger partial charge in [-0.15, -0.1) is 0 Å². The van der Waals surface area contributed by atoms with Gasteiger partial charge in [0.15, 0.2) is 0 Å². The lowest BCUT2D eigenvalue weighted by molar-refractivity contribution is 0.619. The molecule has 12 heavy (non-hydrogen) atoms. The second-order valence-electron chi connectivity index (χ2n) is 2.93. The van der Waals surface area contributed by atoms with Crippen LogP contribution in [-0.4, -0.2) is 24.8 Å². The van der Waals surface area contributed by atoms with E-state index in [1.165, 1.54) is 0 Å². The Morgan fingerprint density at radius 1 is 1.42 bits per heavy atom. The molecule has 0 unspecified atom stereocenters. The van der Waals surface area contributed by atoms with Crippen molar-refractivity contribution in [2.24, 2.45) is 0 Å². The first-order valence-electron chi connectivity index (χ1n) is 4.01. The van der Waals surface area contributed by atoms with Crippen LogP contribution in [0, 0.1) is 5.41 Å². The van der Waals surface area contributed by atoms with Crippen molar-refractivity contribution in [2.75, 3.05) is 14.1 Å². The summed E-state index contributed by atoms with van der Waals surface area (Å²) in [6, 6.07) is 0. The molecule has 64 valence electrons. The monoisotopic (exact) mass is 162 g/mol. The Kier molecular flexibility index (Phi) is 2.86. The number of hydrogen-bond acceptors (Lipinski definition) is 1. The van der Waals surface area contributed by atoms with Crippen LogP contribution in [0.2, 0.25) is 0 Å². The number of nitrogens with one attached hydrogen (secondary N) is 1. The minimum Gasteiger partial charge on any atom is -0.363 e. The largest absolute Gasteiger partial charge is 0.363 e. The fraction of sp³-hybridized carbons (Fsp3) is 0.300. The zero-order valence-corrected chi connectivity index (χ0v) is 7.54. The molecule has 0 spiro atoms. The molecular formula is C10H14N2. The summed E-state index contributed by atoms with van der Waals surface area (Å²) >= 11 is 0. The highest BCUT2D eigenvalue weighted by Gasteiger charge is 2.03. The second-order valence-corrected chi connectivity index (χ2v) is 2.93. The van der Waals surface area contributed by atoms with Gasteiger partial charge in [0.25, 0.3) is 0 Å². The normalized spacial score (nSPS) is 15.3. The van der Waals surface area contributed by atoms with E-state index in [-0.39, 0.29) is 0 Å². The Labute approximate surface area is 73.4 Å². The average molecular weight is 162 g/mol. The average Bonchev–Trinajstić information content (AvgIpc) is 2.30. The van der Waals surface area contributed by atoms with Crippen molar-refractivity contribution in [3.8, 4) is 0 Å². The molecule has 0 saturated carbocycles. The van der Waals surface area contributed by atoms with Crippen molar-refractivity contribution in [3.05, 3.63) is 36.0 Å². The molecule has 2 nitrogen and oxygen atoms in total. The summed E-state index contributed by atoms with van der Waals surface area (Å²) in [5, 5.41) is 7.71. The molecule has 1 rings (SSSR count). The highest BCUT2D eigenvalue weighted by atomic mass is 15.1. The highest BCUT2D eigenvalue weighted by Crippen LogP contribution is 2.07. The van der Waals surface area contributed by atoms with Gasteiger partial charge in [0.2, 0.25) is 0 Å². The van der Waals surface area contributed by atoms with Gasteiger partial charge in [-0.25, -0.2) is 0 Å². The molecule has 0 saturated heterocycles. The van der Waals surface area contributed by atoms with Crippen LogP contribution in [0.25, 0.3) is 0 Å². The summed E-state index contributed by atoms with van der Waals surface area (Å²) in [4.78, 5) is 1.81. The molecule has 0 heterocycles. The number of hydrogen-bond donors (Lipinski definition) is 1. The van der Waals surface area contributed by atoms with Crippen molar-refractivity contribution in [2.45, 2.75) is 6.42 Å². The van der Waals surface area contributed by atoms with Crippen LogP contribution in [0.5, 0.6) is 0 Å². The molecule has 1 aliphatic rings. The summed E-state index contributed by atoms with van der Waals surface area (Å²) in [5.41, 5.74) is 0.991. The maximum atomic E-state index is 7.71. The van der Waals surface area contributed by atoms with E-state index >= 15 is 0 Å². The van der Waals surface area contributed by atoms with Crippen molar-refractivity contribution >= 4 is 5.84 Å². The lowest BCUT2D eigenvalue weighted by atomic mass is 10.2. The van der Waals surface area contributed by atoms with Crippen LogP contribution in [-0.2, 0) is 0 Å².